The van der Waals surface area contributed by atoms with Gasteiger partial charge in [0, 0.05) is 27.4 Å². The molecular formula is C32H23N3. The summed E-state index contributed by atoms with van der Waals surface area (Å²) < 4.78 is 4.62. The molecule has 0 aliphatic rings. The Balaban J connectivity index is 1.65. The van der Waals surface area contributed by atoms with Crippen molar-refractivity contribution in [3.05, 3.63) is 115 Å². The maximum Gasteiger partial charge on any atom is 0.146 e. The lowest BCUT2D eigenvalue weighted by molar-refractivity contribution is 1.11. The average molecular weight is 450 g/mol. The number of pyridine rings is 1. The van der Waals surface area contributed by atoms with E-state index in [2.05, 4.69) is 120 Å². The first-order chi connectivity index (χ1) is 17.3. The van der Waals surface area contributed by atoms with Gasteiger partial charge in [-0.2, -0.15) is 0 Å². The molecule has 7 aromatic rings. The molecule has 3 nitrogen and oxygen atoms in total. The molecule has 0 atom stereocenters. The van der Waals surface area contributed by atoms with Gasteiger partial charge in [0.05, 0.1) is 27.8 Å². The van der Waals surface area contributed by atoms with Crippen molar-refractivity contribution in [2.75, 3.05) is 0 Å². The highest BCUT2D eigenvalue weighted by molar-refractivity contribution is 6.14. The second-order valence-corrected chi connectivity index (χ2v) is 8.86. The molecule has 166 valence electrons. The van der Waals surface area contributed by atoms with Crippen molar-refractivity contribution in [2.24, 2.45) is 0 Å². The molecule has 3 heterocycles. The summed E-state index contributed by atoms with van der Waals surface area (Å²) in [5.74, 6) is 0. The molecule has 0 unspecified atom stereocenters. The molecule has 3 aromatic heterocycles. The number of hydrogen-bond donors (Lipinski definition) is 0. The van der Waals surface area contributed by atoms with E-state index in [1.54, 1.807) is 0 Å². The maximum atomic E-state index is 5.00. The summed E-state index contributed by atoms with van der Waals surface area (Å²) >= 11 is 0. The van der Waals surface area contributed by atoms with E-state index in [1.807, 2.05) is 12.1 Å². The molecule has 35 heavy (non-hydrogen) atoms. The SMILES string of the molecule is C=Cc1c(/C=C\C)c2ccccc2n1-c1ccc2c(c1)c1ccccc1c1nc3ccccc3n21. The zero-order valence-corrected chi connectivity index (χ0v) is 19.4. The number of hydrogen-bond acceptors (Lipinski definition) is 1. The van der Waals surface area contributed by atoms with Gasteiger partial charge in [-0.3, -0.25) is 4.40 Å². The van der Waals surface area contributed by atoms with Crippen LogP contribution in [-0.4, -0.2) is 14.0 Å². The van der Waals surface area contributed by atoms with Crippen LogP contribution in [0.1, 0.15) is 18.2 Å². The molecule has 0 spiro atoms. The summed E-state index contributed by atoms with van der Waals surface area (Å²) in [6.07, 6.45) is 6.23. The van der Waals surface area contributed by atoms with Crippen LogP contribution in [-0.2, 0) is 0 Å². The van der Waals surface area contributed by atoms with Crippen molar-refractivity contribution in [2.45, 2.75) is 6.92 Å². The lowest BCUT2D eigenvalue weighted by Gasteiger charge is -2.13. The number of allylic oxidation sites excluding steroid dienone is 1. The van der Waals surface area contributed by atoms with Gasteiger partial charge in [-0.15, -0.1) is 0 Å². The second kappa shape index (κ2) is 7.44. The van der Waals surface area contributed by atoms with Gasteiger partial charge in [-0.1, -0.05) is 73.3 Å². The zero-order chi connectivity index (χ0) is 23.5. The predicted octanol–water partition coefficient (Wildman–Crippen LogP) is 8.41. The van der Waals surface area contributed by atoms with Crippen molar-refractivity contribution in [3.8, 4) is 5.69 Å². The smallest absolute Gasteiger partial charge is 0.146 e. The van der Waals surface area contributed by atoms with Crippen LogP contribution in [0, 0.1) is 0 Å². The van der Waals surface area contributed by atoms with E-state index in [1.165, 1.54) is 27.2 Å². The molecule has 0 amide bonds. The van der Waals surface area contributed by atoms with E-state index < -0.39 is 0 Å². The molecule has 0 saturated heterocycles. The minimum Gasteiger partial charge on any atom is -0.309 e. The van der Waals surface area contributed by atoms with Crippen LogP contribution in [0.2, 0.25) is 0 Å². The number of aromatic nitrogens is 3. The quantitative estimate of drug-likeness (QED) is 0.248. The van der Waals surface area contributed by atoms with Crippen molar-refractivity contribution >= 4 is 61.4 Å². The molecule has 4 aromatic carbocycles. The highest BCUT2D eigenvalue weighted by atomic mass is 15.0. The Labute approximate surface area is 202 Å². The number of para-hydroxylation sites is 3. The van der Waals surface area contributed by atoms with E-state index in [0.29, 0.717) is 0 Å². The first kappa shape index (κ1) is 19.8. The Morgan fingerprint density at radius 3 is 2.23 bits per heavy atom. The lowest BCUT2D eigenvalue weighted by atomic mass is 10.0. The number of fused-ring (bicyclic) bond motifs is 9. The molecule has 0 radical (unpaired) electrons. The van der Waals surface area contributed by atoms with E-state index in [0.717, 1.165) is 39.0 Å². The summed E-state index contributed by atoms with van der Waals surface area (Å²) in [6, 6.07) is 32.3. The monoisotopic (exact) mass is 449 g/mol. The van der Waals surface area contributed by atoms with Gasteiger partial charge in [0.25, 0.3) is 0 Å². The zero-order valence-electron chi connectivity index (χ0n) is 19.4. The fourth-order valence-electron chi connectivity index (χ4n) is 5.54. The Morgan fingerprint density at radius 2 is 1.43 bits per heavy atom. The number of rotatable bonds is 3. The molecular weight excluding hydrogens is 426 g/mol. The Kier molecular flexibility index (Phi) is 4.21. The predicted molar refractivity (Wildman–Crippen MR) is 149 cm³/mol. The Hall–Kier alpha value is -4.63. The molecule has 0 aliphatic carbocycles. The van der Waals surface area contributed by atoms with Gasteiger partial charge >= 0.3 is 0 Å². The summed E-state index contributed by atoms with van der Waals surface area (Å²) in [5.41, 5.74) is 8.87. The highest BCUT2D eigenvalue weighted by Gasteiger charge is 2.17. The van der Waals surface area contributed by atoms with E-state index in [4.69, 9.17) is 4.98 Å². The Bertz CT molecular complexity index is 1980. The number of benzene rings is 4. The van der Waals surface area contributed by atoms with Gasteiger partial charge in [0.15, 0.2) is 0 Å². The third kappa shape index (κ3) is 2.69. The average Bonchev–Trinajstić information content (AvgIpc) is 3.45. The minimum atomic E-state index is 0.996. The van der Waals surface area contributed by atoms with Gasteiger partial charge in [0.1, 0.15) is 5.65 Å². The van der Waals surface area contributed by atoms with Crippen LogP contribution >= 0.6 is 0 Å². The van der Waals surface area contributed by atoms with E-state index in [9.17, 15) is 0 Å². The molecule has 3 heteroatoms. The summed E-state index contributed by atoms with van der Waals surface area (Å²) in [5, 5.41) is 4.79. The lowest BCUT2D eigenvalue weighted by Crippen LogP contribution is -1.98. The Morgan fingerprint density at radius 1 is 0.714 bits per heavy atom. The molecule has 0 N–H and O–H groups in total. The van der Waals surface area contributed by atoms with Crippen molar-refractivity contribution in [3.63, 3.8) is 0 Å². The van der Waals surface area contributed by atoms with Crippen molar-refractivity contribution in [1.29, 1.82) is 0 Å². The van der Waals surface area contributed by atoms with Crippen LogP contribution < -0.4 is 0 Å². The fraction of sp³-hybridized carbons (Fsp3) is 0.0312. The van der Waals surface area contributed by atoms with E-state index in [-0.39, 0.29) is 0 Å². The third-order valence-electron chi connectivity index (χ3n) is 6.98. The summed E-state index contributed by atoms with van der Waals surface area (Å²) in [7, 11) is 0. The van der Waals surface area contributed by atoms with Crippen LogP contribution in [0.15, 0.2) is 104 Å². The minimum absolute atomic E-state index is 0.996. The topological polar surface area (TPSA) is 22.2 Å². The van der Waals surface area contributed by atoms with Gasteiger partial charge in [0.2, 0.25) is 0 Å². The number of nitrogens with zero attached hydrogens (tertiary/aromatic N) is 3. The fourth-order valence-corrected chi connectivity index (χ4v) is 5.54. The molecule has 0 saturated carbocycles. The first-order valence-corrected chi connectivity index (χ1v) is 11.9. The highest BCUT2D eigenvalue weighted by Crippen LogP contribution is 2.36. The van der Waals surface area contributed by atoms with Crippen LogP contribution in [0.3, 0.4) is 0 Å². The van der Waals surface area contributed by atoms with Crippen LogP contribution in [0.25, 0.3) is 67.1 Å². The number of imidazole rings is 1. The van der Waals surface area contributed by atoms with Crippen LogP contribution in [0.4, 0.5) is 0 Å². The largest absolute Gasteiger partial charge is 0.309 e. The van der Waals surface area contributed by atoms with E-state index >= 15 is 0 Å². The van der Waals surface area contributed by atoms with Crippen LogP contribution in [0.5, 0.6) is 0 Å². The van der Waals surface area contributed by atoms with Crippen molar-refractivity contribution < 1.29 is 0 Å². The molecule has 0 aliphatic heterocycles. The van der Waals surface area contributed by atoms with Gasteiger partial charge in [-0.05, 0) is 54.8 Å². The standard InChI is InChI=1S/C32H23N3/c1-3-11-23-24-13-7-9-16-29(24)34(28(23)4-2)21-18-19-30-26(20-21)22-12-5-6-14-25(22)32-33-27-15-8-10-17-31(27)35(30)32/h3-20H,2H2,1H3/b11-3-. The van der Waals surface area contributed by atoms with Gasteiger partial charge < -0.3 is 4.57 Å². The first-order valence-electron chi connectivity index (χ1n) is 11.9. The maximum absolute atomic E-state index is 5.00. The summed E-state index contributed by atoms with van der Waals surface area (Å²) in [6.45, 7) is 6.23. The third-order valence-corrected chi connectivity index (χ3v) is 6.98. The molecule has 7 rings (SSSR count). The molecule has 0 fully saturated rings. The van der Waals surface area contributed by atoms with Gasteiger partial charge in [-0.25, -0.2) is 4.98 Å². The van der Waals surface area contributed by atoms with Crippen molar-refractivity contribution in [1.82, 2.24) is 14.0 Å². The normalized spacial score (nSPS) is 12.1. The summed E-state index contributed by atoms with van der Waals surface area (Å²) in [4.78, 5) is 5.00. The second-order valence-electron chi connectivity index (χ2n) is 8.86. The molecule has 0 bridgehead atoms.